The molecular weight excluding hydrogens is 378 g/mol. The number of hydrogen-bond acceptors (Lipinski definition) is 5. The van der Waals surface area contributed by atoms with Gasteiger partial charge >= 0.3 is 0 Å². The number of carbonyl (C=O) groups excluding carboxylic acids is 1. The first-order valence-corrected chi connectivity index (χ1v) is 9.50. The van der Waals surface area contributed by atoms with Crippen LogP contribution in [0.1, 0.15) is 21.6 Å². The first-order chi connectivity index (χ1) is 14.7. The van der Waals surface area contributed by atoms with Crippen LogP contribution in [0.3, 0.4) is 0 Å². The van der Waals surface area contributed by atoms with E-state index >= 15 is 0 Å². The Morgan fingerprint density at radius 2 is 1.87 bits per heavy atom. The number of carbonyl (C=O) groups is 1. The van der Waals surface area contributed by atoms with Crippen LogP contribution in [0.15, 0.2) is 73.1 Å². The van der Waals surface area contributed by atoms with Crippen molar-refractivity contribution in [1.29, 1.82) is 0 Å². The lowest BCUT2D eigenvalue weighted by Crippen LogP contribution is -2.24. The van der Waals surface area contributed by atoms with Gasteiger partial charge in [-0.1, -0.05) is 41.1 Å². The van der Waals surface area contributed by atoms with E-state index < -0.39 is 0 Å². The summed E-state index contributed by atoms with van der Waals surface area (Å²) in [5, 5.41) is 11.4. The molecule has 7 heteroatoms. The molecule has 1 N–H and O–H groups in total. The first kappa shape index (κ1) is 19.3. The summed E-state index contributed by atoms with van der Waals surface area (Å²) in [6.07, 6.45) is 3.35. The molecule has 4 aromatic rings. The summed E-state index contributed by atoms with van der Waals surface area (Å²) < 4.78 is 6.96. The van der Waals surface area contributed by atoms with Crippen LogP contribution >= 0.6 is 0 Å². The smallest absolute Gasteiger partial charge is 0.274 e. The number of aryl methyl sites for hydroxylation is 1. The van der Waals surface area contributed by atoms with Crippen molar-refractivity contribution in [3.8, 4) is 22.7 Å². The number of benzene rings is 2. The summed E-state index contributed by atoms with van der Waals surface area (Å²) >= 11 is 0. The van der Waals surface area contributed by atoms with Crippen LogP contribution in [-0.2, 0) is 6.54 Å². The molecule has 0 spiro atoms. The third kappa shape index (κ3) is 4.05. The minimum atomic E-state index is -0.294. The molecule has 30 heavy (non-hydrogen) atoms. The summed E-state index contributed by atoms with van der Waals surface area (Å²) in [5.41, 5.74) is 4.53. The minimum Gasteiger partial charge on any atom is -0.497 e. The molecule has 0 saturated heterocycles. The SMILES string of the molecule is COc1cccc(-n2nnc(C(=O)NCc3cccc(C)c3)c2-c2ccncc2)c1. The van der Waals surface area contributed by atoms with Gasteiger partial charge in [-0.25, -0.2) is 4.68 Å². The number of hydrogen-bond donors (Lipinski definition) is 1. The Morgan fingerprint density at radius 1 is 1.07 bits per heavy atom. The van der Waals surface area contributed by atoms with Gasteiger partial charge in [-0.3, -0.25) is 9.78 Å². The standard InChI is InChI=1S/C23H21N5O2/c1-16-5-3-6-17(13-16)15-25-23(29)21-22(18-9-11-24-12-10-18)28(27-26-21)19-7-4-8-20(14-19)30-2/h3-14H,15H2,1-2H3,(H,25,29). The van der Waals surface area contributed by atoms with Crippen molar-refractivity contribution in [2.45, 2.75) is 13.5 Å². The molecule has 4 rings (SSSR count). The molecule has 0 saturated carbocycles. The highest BCUT2D eigenvalue weighted by Gasteiger charge is 2.22. The molecule has 0 aliphatic carbocycles. The topological polar surface area (TPSA) is 81.9 Å². The Labute approximate surface area is 174 Å². The minimum absolute atomic E-state index is 0.247. The number of nitrogens with zero attached hydrogens (tertiary/aromatic N) is 4. The Morgan fingerprint density at radius 3 is 2.63 bits per heavy atom. The van der Waals surface area contributed by atoms with E-state index in [1.165, 1.54) is 0 Å². The van der Waals surface area contributed by atoms with Gasteiger partial charge in [0.1, 0.15) is 11.4 Å². The summed E-state index contributed by atoms with van der Waals surface area (Å²) in [6, 6.07) is 19.1. The zero-order valence-electron chi connectivity index (χ0n) is 16.7. The van der Waals surface area contributed by atoms with Crippen LogP contribution in [0.4, 0.5) is 0 Å². The molecule has 2 aromatic heterocycles. The summed E-state index contributed by atoms with van der Waals surface area (Å²) in [4.78, 5) is 17.1. The molecule has 0 aliphatic heterocycles. The summed E-state index contributed by atoms with van der Waals surface area (Å²) in [5.74, 6) is 0.395. The van der Waals surface area contributed by atoms with Crippen LogP contribution in [0.2, 0.25) is 0 Å². The number of pyridine rings is 1. The van der Waals surface area contributed by atoms with E-state index in [1.807, 2.05) is 67.6 Å². The first-order valence-electron chi connectivity index (χ1n) is 9.50. The zero-order chi connectivity index (χ0) is 20.9. The fourth-order valence-corrected chi connectivity index (χ4v) is 3.21. The van der Waals surface area contributed by atoms with Crippen molar-refractivity contribution in [2.75, 3.05) is 7.11 Å². The number of ether oxygens (including phenoxy) is 1. The van der Waals surface area contributed by atoms with E-state index in [2.05, 4.69) is 20.6 Å². The Bertz CT molecular complexity index is 1170. The number of aromatic nitrogens is 4. The molecule has 0 radical (unpaired) electrons. The average Bonchev–Trinajstić information content (AvgIpc) is 3.23. The van der Waals surface area contributed by atoms with Crippen LogP contribution in [0, 0.1) is 6.92 Å². The van der Waals surface area contributed by atoms with Gasteiger partial charge in [0.2, 0.25) is 0 Å². The highest BCUT2D eigenvalue weighted by molar-refractivity contribution is 5.98. The van der Waals surface area contributed by atoms with Gasteiger partial charge in [0, 0.05) is 30.6 Å². The maximum Gasteiger partial charge on any atom is 0.274 e. The normalized spacial score (nSPS) is 10.6. The van der Waals surface area contributed by atoms with E-state index in [1.54, 1.807) is 24.2 Å². The maximum absolute atomic E-state index is 13.0. The van der Waals surface area contributed by atoms with Gasteiger partial charge in [-0.2, -0.15) is 0 Å². The monoisotopic (exact) mass is 399 g/mol. The lowest BCUT2D eigenvalue weighted by Gasteiger charge is -2.10. The van der Waals surface area contributed by atoms with Crippen molar-refractivity contribution in [2.24, 2.45) is 0 Å². The molecule has 150 valence electrons. The molecule has 0 aliphatic rings. The largest absolute Gasteiger partial charge is 0.497 e. The van der Waals surface area contributed by atoms with Crippen molar-refractivity contribution in [3.05, 3.63) is 89.9 Å². The predicted molar refractivity (Wildman–Crippen MR) is 113 cm³/mol. The number of amides is 1. The quantitative estimate of drug-likeness (QED) is 0.536. The van der Waals surface area contributed by atoms with Crippen LogP contribution in [-0.4, -0.2) is 33.0 Å². The van der Waals surface area contributed by atoms with E-state index in [0.717, 1.165) is 22.4 Å². The van der Waals surface area contributed by atoms with E-state index in [-0.39, 0.29) is 11.6 Å². The molecule has 0 atom stereocenters. The van der Waals surface area contributed by atoms with Crippen molar-refractivity contribution < 1.29 is 9.53 Å². The second-order valence-electron chi connectivity index (χ2n) is 6.81. The van der Waals surface area contributed by atoms with Crippen molar-refractivity contribution in [3.63, 3.8) is 0 Å². The molecule has 0 unspecified atom stereocenters. The van der Waals surface area contributed by atoms with Crippen LogP contribution < -0.4 is 10.1 Å². The fraction of sp³-hybridized carbons (Fsp3) is 0.130. The Balaban J connectivity index is 1.71. The van der Waals surface area contributed by atoms with Crippen molar-refractivity contribution in [1.82, 2.24) is 25.3 Å². The highest BCUT2D eigenvalue weighted by Crippen LogP contribution is 2.26. The fourth-order valence-electron chi connectivity index (χ4n) is 3.21. The molecule has 1 amide bonds. The third-order valence-electron chi connectivity index (χ3n) is 4.67. The Kier molecular flexibility index (Phi) is 5.52. The van der Waals surface area contributed by atoms with Crippen LogP contribution in [0.25, 0.3) is 16.9 Å². The van der Waals surface area contributed by atoms with Crippen LogP contribution in [0.5, 0.6) is 5.75 Å². The average molecular weight is 399 g/mol. The summed E-state index contributed by atoms with van der Waals surface area (Å²) in [7, 11) is 1.61. The van der Waals surface area contributed by atoms with E-state index in [9.17, 15) is 4.79 Å². The zero-order valence-corrected chi connectivity index (χ0v) is 16.7. The molecule has 2 aromatic carbocycles. The van der Waals surface area contributed by atoms with Gasteiger partial charge in [0.25, 0.3) is 5.91 Å². The lowest BCUT2D eigenvalue weighted by atomic mass is 10.1. The van der Waals surface area contributed by atoms with E-state index in [4.69, 9.17) is 4.74 Å². The molecule has 2 heterocycles. The van der Waals surface area contributed by atoms with Gasteiger partial charge < -0.3 is 10.1 Å². The molecular formula is C23H21N5O2. The van der Waals surface area contributed by atoms with Gasteiger partial charge in [0.15, 0.2) is 5.69 Å². The second kappa shape index (κ2) is 8.57. The maximum atomic E-state index is 13.0. The summed E-state index contributed by atoms with van der Waals surface area (Å²) in [6.45, 7) is 2.43. The predicted octanol–water partition coefficient (Wildman–Crippen LogP) is 3.58. The number of methoxy groups -OCH3 is 1. The van der Waals surface area contributed by atoms with Gasteiger partial charge in [-0.05, 0) is 36.8 Å². The van der Waals surface area contributed by atoms with Gasteiger partial charge in [-0.15, -0.1) is 5.10 Å². The lowest BCUT2D eigenvalue weighted by molar-refractivity contribution is 0.0946. The van der Waals surface area contributed by atoms with Gasteiger partial charge in [0.05, 0.1) is 12.8 Å². The highest BCUT2D eigenvalue weighted by atomic mass is 16.5. The second-order valence-corrected chi connectivity index (χ2v) is 6.81. The van der Waals surface area contributed by atoms with Crippen molar-refractivity contribution >= 4 is 5.91 Å². The number of rotatable bonds is 6. The number of nitrogens with one attached hydrogen (secondary N) is 1. The molecule has 7 nitrogen and oxygen atoms in total. The van der Waals surface area contributed by atoms with E-state index in [0.29, 0.717) is 18.0 Å². The third-order valence-corrected chi connectivity index (χ3v) is 4.67. The molecule has 0 fully saturated rings. The molecule has 0 bridgehead atoms. The Hall–Kier alpha value is -4.00.